The molecule has 2 atom stereocenters. The highest BCUT2D eigenvalue weighted by atomic mass is 35.5. The molecule has 1 amide bonds. The number of carbonyl (C=O) groups is 1. The van der Waals surface area contributed by atoms with E-state index in [9.17, 15) is 26.4 Å². The van der Waals surface area contributed by atoms with Gasteiger partial charge in [0.1, 0.15) is 0 Å². The van der Waals surface area contributed by atoms with E-state index in [1.54, 1.807) is 0 Å². The lowest BCUT2D eigenvalue weighted by Gasteiger charge is -2.38. The number of nitrogens with zero attached hydrogens (tertiary/aromatic N) is 1. The Balaban J connectivity index is 1.89. The van der Waals surface area contributed by atoms with Gasteiger partial charge in [0, 0.05) is 36.3 Å². The van der Waals surface area contributed by atoms with Gasteiger partial charge in [-0.1, -0.05) is 31.5 Å². The van der Waals surface area contributed by atoms with Gasteiger partial charge in [0.25, 0.3) is 5.91 Å². The number of likely N-dealkylation sites (tertiary alicyclic amines) is 1. The van der Waals surface area contributed by atoms with Crippen molar-refractivity contribution in [2.24, 2.45) is 11.7 Å². The Morgan fingerprint density at radius 3 is 2.58 bits per heavy atom. The third-order valence-electron chi connectivity index (χ3n) is 6.51. The SMILES string of the molecule is CCS(=O)(=O)c1ccc(Cl)cc1CNC(=O)c1ccc([C@@H](CN)N2CCCC(C)C2)c(C(F)(F)F)c1. The first-order chi connectivity index (χ1) is 16.9. The number of amides is 1. The van der Waals surface area contributed by atoms with E-state index in [1.165, 1.54) is 37.3 Å². The number of nitrogens with one attached hydrogen (secondary N) is 1. The summed E-state index contributed by atoms with van der Waals surface area (Å²) in [6, 6.07) is 7.09. The molecule has 11 heteroatoms. The van der Waals surface area contributed by atoms with Crippen molar-refractivity contribution in [2.45, 2.75) is 50.3 Å². The normalized spacial score (nSPS) is 18.1. The van der Waals surface area contributed by atoms with E-state index >= 15 is 0 Å². The van der Waals surface area contributed by atoms with E-state index in [-0.39, 0.29) is 45.5 Å². The molecule has 0 aromatic heterocycles. The van der Waals surface area contributed by atoms with Gasteiger partial charge in [-0.05, 0) is 66.8 Å². The molecule has 1 unspecified atom stereocenters. The lowest BCUT2D eigenvalue weighted by Crippen LogP contribution is -2.41. The highest BCUT2D eigenvalue weighted by molar-refractivity contribution is 7.91. The first kappa shape index (κ1) is 28.4. The molecule has 0 radical (unpaired) electrons. The number of piperidine rings is 1. The minimum atomic E-state index is -4.68. The highest BCUT2D eigenvalue weighted by Crippen LogP contribution is 2.38. The third-order valence-corrected chi connectivity index (χ3v) is 8.57. The van der Waals surface area contributed by atoms with Crippen LogP contribution in [-0.2, 0) is 22.6 Å². The smallest absolute Gasteiger partial charge is 0.348 e. The number of carbonyl (C=O) groups excluding carboxylic acids is 1. The summed E-state index contributed by atoms with van der Waals surface area (Å²) in [5, 5.41) is 2.80. The quantitative estimate of drug-likeness (QED) is 0.496. The molecule has 1 saturated heterocycles. The van der Waals surface area contributed by atoms with E-state index in [1.807, 2.05) is 4.90 Å². The first-order valence-corrected chi connectivity index (χ1v) is 13.8. The van der Waals surface area contributed by atoms with Crippen molar-refractivity contribution in [3.05, 3.63) is 63.7 Å². The second-order valence-corrected chi connectivity index (χ2v) is 11.8. The minimum Gasteiger partial charge on any atom is -0.348 e. The lowest BCUT2D eigenvalue weighted by atomic mass is 9.92. The van der Waals surface area contributed by atoms with E-state index in [0.29, 0.717) is 19.0 Å². The van der Waals surface area contributed by atoms with Crippen molar-refractivity contribution >= 4 is 27.3 Å². The molecule has 6 nitrogen and oxygen atoms in total. The van der Waals surface area contributed by atoms with Crippen LogP contribution in [0.4, 0.5) is 13.2 Å². The Morgan fingerprint density at radius 1 is 1.25 bits per heavy atom. The fraction of sp³-hybridized carbons (Fsp3) is 0.480. The van der Waals surface area contributed by atoms with Crippen LogP contribution in [0, 0.1) is 5.92 Å². The van der Waals surface area contributed by atoms with Gasteiger partial charge in [-0.15, -0.1) is 0 Å². The van der Waals surface area contributed by atoms with Crippen molar-refractivity contribution in [1.82, 2.24) is 10.2 Å². The second kappa shape index (κ2) is 11.5. The van der Waals surface area contributed by atoms with Crippen molar-refractivity contribution in [3.8, 4) is 0 Å². The molecule has 1 aliphatic rings. The van der Waals surface area contributed by atoms with E-state index in [0.717, 1.165) is 18.9 Å². The Morgan fingerprint density at radius 2 is 1.97 bits per heavy atom. The van der Waals surface area contributed by atoms with Gasteiger partial charge in [0.05, 0.1) is 16.2 Å². The van der Waals surface area contributed by atoms with Crippen molar-refractivity contribution < 1.29 is 26.4 Å². The summed E-state index contributed by atoms with van der Waals surface area (Å²) in [7, 11) is -3.59. The Kier molecular flexibility index (Phi) is 9.08. The van der Waals surface area contributed by atoms with Crippen LogP contribution in [0.25, 0.3) is 0 Å². The molecule has 1 heterocycles. The number of hydrogen-bond acceptors (Lipinski definition) is 5. The molecule has 198 valence electrons. The molecule has 0 aliphatic carbocycles. The maximum atomic E-state index is 14.1. The van der Waals surface area contributed by atoms with Crippen LogP contribution in [0.2, 0.25) is 5.02 Å². The number of alkyl halides is 3. The fourth-order valence-electron chi connectivity index (χ4n) is 4.64. The number of nitrogens with two attached hydrogens (primary N) is 1. The average Bonchev–Trinajstić information content (AvgIpc) is 2.82. The molecule has 3 rings (SSSR count). The maximum absolute atomic E-state index is 14.1. The molecule has 0 spiro atoms. The predicted molar refractivity (Wildman–Crippen MR) is 134 cm³/mol. The second-order valence-electron chi connectivity index (χ2n) is 9.13. The number of rotatable bonds is 8. The molecule has 36 heavy (non-hydrogen) atoms. The molecule has 0 bridgehead atoms. The van der Waals surface area contributed by atoms with Gasteiger partial charge >= 0.3 is 6.18 Å². The Labute approximate surface area is 214 Å². The van der Waals surface area contributed by atoms with Crippen molar-refractivity contribution in [2.75, 3.05) is 25.4 Å². The van der Waals surface area contributed by atoms with Crippen molar-refractivity contribution in [3.63, 3.8) is 0 Å². The summed E-state index contributed by atoms with van der Waals surface area (Å²) in [4.78, 5) is 14.8. The Bertz CT molecular complexity index is 1200. The number of hydrogen-bond donors (Lipinski definition) is 2. The molecule has 2 aromatic carbocycles. The number of benzene rings is 2. The molecule has 2 aromatic rings. The zero-order chi connectivity index (χ0) is 26.7. The van der Waals surface area contributed by atoms with Gasteiger partial charge in [0.2, 0.25) is 0 Å². The van der Waals surface area contributed by atoms with Crippen molar-refractivity contribution in [1.29, 1.82) is 0 Å². The maximum Gasteiger partial charge on any atom is 0.416 e. The molecular formula is C25H31ClF3N3O3S. The zero-order valence-electron chi connectivity index (χ0n) is 20.2. The lowest BCUT2D eigenvalue weighted by molar-refractivity contribution is -0.138. The summed E-state index contributed by atoms with van der Waals surface area (Å²) in [6.45, 7) is 4.68. The van der Waals surface area contributed by atoms with Crippen LogP contribution in [0.15, 0.2) is 41.3 Å². The van der Waals surface area contributed by atoms with Gasteiger partial charge in [-0.3, -0.25) is 9.69 Å². The summed E-state index contributed by atoms with van der Waals surface area (Å²) >= 11 is 6.00. The topological polar surface area (TPSA) is 92.5 Å². The predicted octanol–water partition coefficient (Wildman–Crippen LogP) is 4.81. The van der Waals surface area contributed by atoms with Crippen LogP contribution in [-0.4, -0.2) is 44.6 Å². The molecule has 3 N–H and O–H groups in total. The van der Waals surface area contributed by atoms with E-state index in [4.69, 9.17) is 17.3 Å². The summed E-state index contributed by atoms with van der Waals surface area (Å²) in [5.74, 6) is -0.549. The van der Waals surface area contributed by atoms with Crippen LogP contribution >= 0.6 is 11.6 Å². The molecule has 1 aliphatic heterocycles. The fourth-order valence-corrected chi connectivity index (χ4v) is 5.95. The number of sulfone groups is 1. The van der Waals surface area contributed by atoms with Gasteiger partial charge in [-0.25, -0.2) is 8.42 Å². The largest absolute Gasteiger partial charge is 0.416 e. The van der Waals surface area contributed by atoms with Crippen LogP contribution in [0.5, 0.6) is 0 Å². The summed E-state index contributed by atoms with van der Waals surface area (Å²) in [5.41, 5.74) is 5.14. The minimum absolute atomic E-state index is 0.0163. The first-order valence-electron chi connectivity index (χ1n) is 11.8. The summed E-state index contributed by atoms with van der Waals surface area (Å²) in [6.07, 6.45) is -2.78. The van der Waals surface area contributed by atoms with Gasteiger partial charge in [-0.2, -0.15) is 13.2 Å². The van der Waals surface area contributed by atoms with E-state index < -0.39 is 33.5 Å². The van der Waals surface area contributed by atoms with Crippen LogP contribution in [0.1, 0.15) is 59.8 Å². The molecule has 0 saturated carbocycles. The molecule has 1 fully saturated rings. The Hall–Kier alpha value is -2.14. The summed E-state index contributed by atoms with van der Waals surface area (Å²) < 4.78 is 67.0. The zero-order valence-corrected chi connectivity index (χ0v) is 21.8. The van der Waals surface area contributed by atoms with E-state index in [2.05, 4.69) is 12.2 Å². The van der Waals surface area contributed by atoms with Crippen LogP contribution in [0.3, 0.4) is 0 Å². The monoisotopic (exact) mass is 545 g/mol. The molecular weight excluding hydrogens is 515 g/mol. The van der Waals surface area contributed by atoms with Gasteiger partial charge < -0.3 is 11.1 Å². The van der Waals surface area contributed by atoms with Gasteiger partial charge in [0.15, 0.2) is 9.84 Å². The third kappa shape index (κ3) is 6.59. The number of halogens is 4. The highest BCUT2D eigenvalue weighted by Gasteiger charge is 2.37. The average molecular weight is 546 g/mol. The van der Waals surface area contributed by atoms with Crippen LogP contribution < -0.4 is 11.1 Å². The standard InChI is InChI=1S/C25H31ClF3N3O3S/c1-3-36(34,35)23-9-7-19(26)11-18(23)14-31-24(33)17-6-8-20(21(12-17)25(27,28)29)22(13-30)32-10-4-5-16(2)15-32/h6-9,11-12,16,22H,3-5,10,13-15,30H2,1-2H3,(H,31,33)/t16?,22-/m1/s1.